The number of methoxy groups -OCH3 is 1. The zero-order valence-corrected chi connectivity index (χ0v) is 13.3. The maximum Gasteiger partial charge on any atom is 0.141 e. The Bertz CT molecular complexity index is 577. The quantitative estimate of drug-likeness (QED) is 0.850. The van der Waals surface area contributed by atoms with Crippen LogP contribution in [0.1, 0.15) is 18.3 Å². The monoisotopic (exact) mass is 288 g/mol. The van der Waals surface area contributed by atoms with E-state index in [9.17, 15) is 0 Å². The van der Waals surface area contributed by atoms with Crippen LogP contribution in [-0.2, 0) is 19.6 Å². The van der Waals surface area contributed by atoms with Crippen LogP contribution in [0.4, 0.5) is 5.69 Å². The number of rotatable bonds is 7. The lowest BCUT2D eigenvalue weighted by Gasteiger charge is -2.15. The molecule has 2 rings (SSSR count). The van der Waals surface area contributed by atoms with Gasteiger partial charge in [-0.2, -0.15) is 0 Å². The van der Waals surface area contributed by atoms with Crippen molar-refractivity contribution in [2.75, 3.05) is 26.5 Å². The Labute approximate surface area is 126 Å². The molecule has 0 unspecified atom stereocenters. The molecule has 0 atom stereocenters. The van der Waals surface area contributed by atoms with E-state index >= 15 is 0 Å². The Hall–Kier alpha value is -2.01. The summed E-state index contributed by atoms with van der Waals surface area (Å²) >= 11 is 0. The van der Waals surface area contributed by atoms with Crippen molar-refractivity contribution in [2.24, 2.45) is 0 Å². The van der Waals surface area contributed by atoms with Crippen molar-refractivity contribution in [3.63, 3.8) is 0 Å². The second kappa shape index (κ2) is 7.13. The first-order valence-electron chi connectivity index (χ1n) is 7.19. The maximum atomic E-state index is 5.43. The van der Waals surface area contributed by atoms with Crippen molar-refractivity contribution < 1.29 is 4.74 Å². The highest BCUT2D eigenvalue weighted by molar-refractivity contribution is 5.58. The van der Waals surface area contributed by atoms with Gasteiger partial charge in [0.05, 0.1) is 19.3 Å². The molecule has 0 saturated carbocycles. The van der Waals surface area contributed by atoms with Crippen molar-refractivity contribution in [3.05, 3.63) is 42.0 Å². The summed E-state index contributed by atoms with van der Waals surface area (Å²) in [5.41, 5.74) is 2.25. The third-order valence-electron chi connectivity index (χ3n) is 3.34. The number of benzene rings is 1. The Morgan fingerprint density at radius 1 is 1.33 bits per heavy atom. The average Bonchev–Trinajstić information content (AvgIpc) is 2.92. The summed E-state index contributed by atoms with van der Waals surface area (Å²) in [7, 11) is 5.82. The van der Waals surface area contributed by atoms with Gasteiger partial charge in [-0.1, -0.05) is 6.07 Å². The molecule has 1 aromatic heterocycles. The van der Waals surface area contributed by atoms with Crippen LogP contribution in [0.5, 0.6) is 5.75 Å². The summed E-state index contributed by atoms with van der Waals surface area (Å²) in [6, 6.07) is 6.24. The number of anilines is 1. The van der Waals surface area contributed by atoms with Gasteiger partial charge in [-0.25, -0.2) is 4.98 Å². The van der Waals surface area contributed by atoms with Gasteiger partial charge in [-0.3, -0.25) is 0 Å². The lowest BCUT2D eigenvalue weighted by molar-refractivity contribution is 0.400. The largest absolute Gasteiger partial charge is 0.495 e. The van der Waals surface area contributed by atoms with Gasteiger partial charge in [0.1, 0.15) is 11.6 Å². The highest BCUT2D eigenvalue weighted by atomic mass is 16.5. The van der Waals surface area contributed by atoms with Crippen LogP contribution in [0, 0.1) is 0 Å². The number of ether oxygens (including phenoxy) is 1. The zero-order chi connectivity index (χ0) is 15.2. The van der Waals surface area contributed by atoms with E-state index < -0.39 is 0 Å². The van der Waals surface area contributed by atoms with Crippen molar-refractivity contribution in [1.82, 2.24) is 14.5 Å². The molecular weight excluding hydrogens is 264 g/mol. The lowest BCUT2D eigenvalue weighted by atomic mass is 10.1. The molecule has 0 aliphatic rings. The van der Waals surface area contributed by atoms with Crippen LogP contribution >= 0.6 is 0 Å². The smallest absolute Gasteiger partial charge is 0.141 e. The number of hydrogen-bond donors (Lipinski definition) is 1. The second-order valence-corrected chi connectivity index (χ2v) is 5.26. The van der Waals surface area contributed by atoms with Crippen LogP contribution in [0.3, 0.4) is 0 Å². The number of nitrogens with zero attached hydrogens (tertiary/aromatic N) is 3. The van der Waals surface area contributed by atoms with E-state index in [2.05, 4.69) is 52.9 Å². The molecule has 2 aromatic rings. The van der Waals surface area contributed by atoms with Gasteiger partial charge >= 0.3 is 0 Å². The minimum Gasteiger partial charge on any atom is -0.495 e. The predicted molar refractivity (Wildman–Crippen MR) is 85.6 cm³/mol. The summed E-state index contributed by atoms with van der Waals surface area (Å²) in [6.07, 6.45) is 3.83. The third kappa shape index (κ3) is 3.98. The molecule has 0 aliphatic carbocycles. The average molecular weight is 288 g/mol. The van der Waals surface area contributed by atoms with E-state index in [-0.39, 0.29) is 0 Å². The van der Waals surface area contributed by atoms with Gasteiger partial charge in [0, 0.05) is 25.5 Å². The highest BCUT2D eigenvalue weighted by Crippen LogP contribution is 2.26. The lowest BCUT2D eigenvalue weighted by Crippen LogP contribution is -2.12. The second-order valence-electron chi connectivity index (χ2n) is 5.26. The Kier molecular flexibility index (Phi) is 5.22. The first-order chi connectivity index (χ1) is 10.1. The number of aromatic nitrogens is 2. The standard InChI is InChI=1S/C16H24N4O/c1-5-20-9-8-17-16(20)11-18-14-10-13(12-19(2)3)6-7-15(14)21-4/h6-10,18H,5,11-12H2,1-4H3. The van der Waals surface area contributed by atoms with E-state index in [4.69, 9.17) is 4.74 Å². The van der Waals surface area contributed by atoms with Gasteiger partial charge < -0.3 is 19.5 Å². The summed E-state index contributed by atoms with van der Waals surface area (Å²) in [5, 5.41) is 3.43. The van der Waals surface area contributed by atoms with Crippen LogP contribution < -0.4 is 10.1 Å². The number of aryl methyl sites for hydroxylation is 1. The predicted octanol–water partition coefficient (Wildman–Crippen LogP) is 2.59. The highest BCUT2D eigenvalue weighted by Gasteiger charge is 2.07. The van der Waals surface area contributed by atoms with E-state index in [0.29, 0.717) is 6.54 Å². The van der Waals surface area contributed by atoms with E-state index in [1.165, 1.54) is 5.56 Å². The molecule has 0 spiro atoms. The molecule has 1 N–H and O–H groups in total. The van der Waals surface area contributed by atoms with Crippen molar-refractivity contribution in [2.45, 2.75) is 26.6 Å². The minimum absolute atomic E-state index is 0.683. The topological polar surface area (TPSA) is 42.3 Å². The summed E-state index contributed by atoms with van der Waals surface area (Å²) in [5.74, 6) is 1.88. The molecule has 0 radical (unpaired) electrons. The molecule has 5 heteroatoms. The molecule has 1 aromatic carbocycles. The Balaban J connectivity index is 2.13. The fourth-order valence-corrected chi connectivity index (χ4v) is 2.33. The molecule has 5 nitrogen and oxygen atoms in total. The van der Waals surface area contributed by atoms with Crippen molar-refractivity contribution >= 4 is 5.69 Å². The van der Waals surface area contributed by atoms with E-state index in [0.717, 1.165) is 30.4 Å². The SMILES string of the molecule is CCn1ccnc1CNc1cc(CN(C)C)ccc1OC. The third-order valence-corrected chi connectivity index (χ3v) is 3.34. The van der Waals surface area contributed by atoms with Gasteiger partial charge in [0.2, 0.25) is 0 Å². The van der Waals surface area contributed by atoms with Gasteiger partial charge in [-0.05, 0) is 38.7 Å². The summed E-state index contributed by atoms with van der Waals surface area (Å²) in [4.78, 5) is 6.53. The Morgan fingerprint density at radius 3 is 2.81 bits per heavy atom. The molecule has 0 amide bonds. The van der Waals surface area contributed by atoms with E-state index in [1.807, 2.05) is 18.5 Å². The first kappa shape index (κ1) is 15.4. The van der Waals surface area contributed by atoms with Crippen molar-refractivity contribution in [1.29, 1.82) is 0 Å². The molecule has 0 fully saturated rings. The van der Waals surface area contributed by atoms with Crippen molar-refractivity contribution in [3.8, 4) is 5.75 Å². The fraction of sp³-hybridized carbons (Fsp3) is 0.438. The summed E-state index contributed by atoms with van der Waals surface area (Å²) in [6.45, 7) is 4.63. The van der Waals surface area contributed by atoms with Gasteiger partial charge in [0.15, 0.2) is 0 Å². The fourth-order valence-electron chi connectivity index (χ4n) is 2.33. The van der Waals surface area contributed by atoms with Gasteiger partial charge in [0.25, 0.3) is 0 Å². The Morgan fingerprint density at radius 2 is 2.14 bits per heavy atom. The molecule has 0 bridgehead atoms. The number of nitrogens with one attached hydrogen (secondary N) is 1. The molecule has 0 aliphatic heterocycles. The van der Waals surface area contributed by atoms with Gasteiger partial charge in [-0.15, -0.1) is 0 Å². The molecule has 0 saturated heterocycles. The number of imidazole rings is 1. The zero-order valence-electron chi connectivity index (χ0n) is 13.3. The van der Waals surface area contributed by atoms with Crippen LogP contribution in [0.2, 0.25) is 0 Å². The number of hydrogen-bond acceptors (Lipinski definition) is 4. The maximum absolute atomic E-state index is 5.43. The molecular formula is C16H24N4O. The first-order valence-corrected chi connectivity index (χ1v) is 7.19. The molecule has 21 heavy (non-hydrogen) atoms. The van der Waals surface area contributed by atoms with E-state index in [1.54, 1.807) is 7.11 Å². The van der Waals surface area contributed by atoms with Crippen LogP contribution in [0.25, 0.3) is 0 Å². The van der Waals surface area contributed by atoms with Crippen LogP contribution in [-0.4, -0.2) is 35.7 Å². The normalized spacial score (nSPS) is 10.9. The molecule has 114 valence electrons. The summed E-state index contributed by atoms with van der Waals surface area (Å²) < 4.78 is 7.56. The molecule has 1 heterocycles. The van der Waals surface area contributed by atoms with Crippen LogP contribution in [0.15, 0.2) is 30.6 Å². The minimum atomic E-state index is 0.683.